The van der Waals surface area contributed by atoms with Crippen LogP contribution in [0, 0.1) is 0 Å². The summed E-state index contributed by atoms with van der Waals surface area (Å²) in [5.41, 5.74) is 1.19. The van der Waals surface area contributed by atoms with Crippen LogP contribution in [0.2, 0.25) is 0 Å². The molecule has 22 heavy (non-hydrogen) atoms. The Bertz CT molecular complexity index is 534. The molecule has 0 spiro atoms. The maximum Gasteiger partial charge on any atom is 0.260 e. The van der Waals surface area contributed by atoms with Gasteiger partial charge in [0.1, 0.15) is 5.75 Å². The molecular weight excluding hydrogens is 280 g/mol. The van der Waals surface area contributed by atoms with E-state index >= 15 is 0 Å². The highest BCUT2D eigenvalue weighted by atomic mass is 16.5. The lowest BCUT2D eigenvalue weighted by Gasteiger charge is -2.34. The van der Waals surface area contributed by atoms with Gasteiger partial charge in [-0.05, 0) is 23.6 Å². The standard InChI is InChI=1S/C17H24N2O3/c1-13(2)15-5-4-6-16(11-15)22-12-17(21)19-9-7-18(8-10-19)14(3)20/h4-6,11,13H,7-10,12H2,1-3H3. The molecule has 1 aromatic rings. The Kier molecular flexibility index (Phi) is 5.41. The van der Waals surface area contributed by atoms with E-state index in [9.17, 15) is 9.59 Å². The molecule has 0 atom stereocenters. The van der Waals surface area contributed by atoms with Crippen molar-refractivity contribution in [2.24, 2.45) is 0 Å². The Labute approximate surface area is 131 Å². The normalized spacial score (nSPS) is 15.1. The minimum atomic E-state index is -0.0295. The average molecular weight is 304 g/mol. The molecule has 1 aliphatic rings. The second-order valence-electron chi connectivity index (χ2n) is 5.90. The first kappa shape index (κ1) is 16.3. The predicted octanol–water partition coefficient (Wildman–Crippen LogP) is 1.88. The van der Waals surface area contributed by atoms with Crippen molar-refractivity contribution >= 4 is 11.8 Å². The summed E-state index contributed by atoms with van der Waals surface area (Å²) in [6.45, 7) is 8.21. The number of carbonyl (C=O) groups is 2. The van der Waals surface area contributed by atoms with Crippen molar-refractivity contribution in [2.75, 3.05) is 32.8 Å². The summed E-state index contributed by atoms with van der Waals surface area (Å²) in [5, 5.41) is 0. The van der Waals surface area contributed by atoms with Crippen LogP contribution in [0.5, 0.6) is 5.75 Å². The fraction of sp³-hybridized carbons (Fsp3) is 0.529. The van der Waals surface area contributed by atoms with Gasteiger partial charge in [0.2, 0.25) is 5.91 Å². The Morgan fingerprint density at radius 1 is 1.14 bits per heavy atom. The number of nitrogens with zero attached hydrogens (tertiary/aromatic N) is 2. The Balaban J connectivity index is 1.83. The van der Waals surface area contributed by atoms with Crippen molar-refractivity contribution in [1.29, 1.82) is 0 Å². The topological polar surface area (TPSA) is 49.9 Å². The molecule has 2 rings (SSSR count). The number of ether oxygens (including phenoxy) is 1. The molecular formula is C17H24N2O3. The minimum absolute atomic E-state index is 0.0295. The van der Waals surface area contributed by atoms with Gasteiger partial charge in [-0.3, -0.25) is 9.59 Å². The molecule has 0 saturated carbocycles. The molecule has 120 valence electrons. The van der Waals surface area contributed by atoms with E-state index in [4.69, 9.17) is 4.74 Å². The minimum Gasteiger partial charge on any atom is -0.484 e. The third kappa shape index (κ3) is 4.23. The fourth-order valence-corrected chi connectivity index (χ4v) is 2.47. The van der Waals surface area contributed by atoms with Gasteiger partial charge < -0.3 is 14.5 Å². The molecule has 0 aliphatic carbocycles. The zero-order valence-electron chi connectivity index (χ0n) is 13.5. The van der Waals surface area contributed by atoms with E-state index in [2.05, 4.69) is 19.9 Å². The van der Waals surface area contributed by atoms with Crippen molar-refractivity contribution in [3.05, 3.63) is 29.8 Å². The lowest BCUT2D eigenvalue weighted by molar-refractivity contribution is -0.139. The first-order chi connectivity index (χ1) is 10.5. The van der Waals surface area contributed by atoms with Gasteiger partial charge in [-0.2, -0.15) is 0 Å². The summed E-state index contributed by atoms with van der Waals surface area (Å²) in [6.07, 6.45) is 0. The number of hydrogen-bond donors (Lipinski definition) is 0. The van der Waals surface area contributed by atoms with Gasteiger partial charge in [-0.15, -0.1) is 0 Å². The van der Waals surface area contributed by atoms with Crippen LogP contribution < -0.4 is 4.74 Å². The summed E-state index contributed by atoms with van der Waals surface area (Å²) in [5.74, 6) is 1.19. The van der Waals surface area contributed by atoms with Crippen molar-refractivity contribution < 1.29 is 14.3 Å². The highest BCUT2D eigenvalue weighted by Crippen LogP contribution is 2.20. The van der Waals surface area contributed by atoms with Gasteiger partial charge in [0.05, 0.1) is 0 Å². The second kappa shape index (κ2) is 7.29. The van der Waals surface area contributed by atoms with Crippen molar-refractivity contribution in [3.63, 3.8) is 0 Å². The van der Waals surface area contributed by atoms with Crippen LogP contribution in [-0.2, 0) is 9.59 Å². The van der Waals surface area contributed by atoms with Gasteiger partial charge in [0.15, 0.2) is 6.61 Å². The SMILES string of the molecule is CC(=O)N1CCN(C(=O)COc2cccc(C(C)C)c2)CC1. The van der Waals surface area contributed by atoms with Crippen LogP contribution in [0.3, 0.4) is 0 Å². The molecule has 1 fully saturated rings. The van der Waals surface area contributed by atoms with Crippen molar-refractivity contribution in [2.45, 2.75) is 26.7 Å². The molecule has 0 unspecified atom stereocenters. The predicted molar refractivity (Wildman–Crippen MR) is 84.9 cm³/mol. The lowest BCUT2D eigenvalue weighted by atomic mass is 10.0. The monoisotopic (exact) mass is 304 g/mol. The van der Waals surface area contributed by atoms with Crippen LogP contribution in [0.4, 0.5) is 0 Å². The fourth-order valence-electron chi connectivity index (χ4n) is 2.47. The number of hydrogen-bond acceptors (Lipinski definition) is 3. The van der Waals surface area contributed by atoms with Gasteiger partial charge in [-0.1, -0.05) is 26.0 Å². The molecule has 2 amide bonds. The lowest BCUT2D eigenvalue weighted by Crippen LogP contribution is -2.51. The van der Waals surface area contributed by atoms with Crippen molar-refractivity contribution in [3.8, 4) is 5.75 Å². The van der Waals surface area contributed by atoms with E-state index in [1.54, 1.807) is 16.7 Å². The van der Waals surface area contributed by atoms with E-state index in [0.717, 1.165) is 5.75 Å². The number of carbonyl (C=O) groups excluding carboxylic acids is 2. The van der Waals surface area contributed by atoms with Crippen LogP contribution >= 0.6 is 0 Å². The summed E-state index contributed by atoms with van der Waals surface area (Å²) < 4.78 is 5.61. The zero-order chi connectivity index (χ0) is 16.1. The molecule has 0 N–H and O–H groups in total. The molecule has 1 aromatic carbocycles. The maximum atomic E-state index is 12.2. The van der Waals surface area contributed by atoms with E-state index < -0.39 is 0 Å². The number of amides is 2. The van der Waals surface area contributed by atoms with Crippen LogP contribution in [-0.4, -0.2) is 54.4 Å². The van der Waals surface area contributed by atoms with Crippen LogP contribution in [0.15, 0.2) is 24.3 Å². The quantitative estimate of drug-likeness (QED) is 0.853. The smallest absolute Gasteiger partial charge is 0.260 e. The number of rotatable bonds is 4. The molecule has 0 radical (unpaired) electrons. The molecule has 1 saturated heterocycles. The second-order valence-corrected chi connectivity index (χ2v) is 5.90. The summed E-state index contributed by atoms with van der Waals surface area (Å²) in [4.78, 5) is 27.0. The number of piperazine rings is 1. The summed E-state index contributed by atoms with van der Waals surface area (Å²) >= 11 is 0. The van der Waals surface area contributed by atoms with E-state index in [1.807, 2.05) is 18.2 Å². The first-order valence-electron chi connectivity index (χ1n) is 7.73. The average Bonchev–Trinajstić information content (AvgIpc) is 2.53. The van der Waals surface area contributed by atoms with E-state index in [1.165, 1.54) is 5.56 Å². The largest absolute Gasteiger partial charge is 0.484 e. The maximum absolute atomic E-state index is 12.2. The Morgan fingerprint density at radius 2 is 1.77 bits per heavy atom. The molecule has 0 aromatic heterocycles. The summed E-state index contributed by atoms with van der Waals surface area (Å²) in [7, 11) is 0. The molecule has 1 heterocycles. The van der Waals surface area contributed by atoms with Gasteiger partial charge in [0.25, 0.3) is 5.91 Å². The summed E-state index contributed by atoms with van der Waals surface area (Å²) in [6, 6.07) is 7.85. The number of benzene rings is 1. The van der Waals surface area contributed by atoms with E-state index in [-0.39, 0.29) is 18.4 Å². The van der Waals surface area contributed by atoms with Crippen LogP contribution in [0.1, 0.15) is 32.3 Å². The zero-order valence-corrected chi connectivity index (χ0v) is 13.5. The van der Waals surface area contributed by atoms with Gasteiger partial charge in [-0.25, -0.2) is 0 Å². The van der Waals surface area contributed by atoms with E-state index in [0.29, 0.717) is 32.1 Å². The van der Waals surface area contributed by atoms with Gasteiger partial charge >= 0.3 is 0 Å². The first-order valence-corrected chi connectivity index (χ1v) is 7.73. The molecule has 0 bridgehead atoms. The Hall–Kier alpha value is -2.04. The third-order valence-electron chi connectivity index (χ3n) is 3.96. The van der Waals surface area contributed by atoms with Crippen molar-refractivity contribution in [1.82, 2.24) is 9.80 Å². The highest BCUT2D eigenvalue weighted by Gasteiger charge is 2.22. The van der Waals surface area contributed by atoms with Gasteiger partial charge in [0, 0.05) is 33.1 Å². The van der Waals surface area contributed by atoms with Crippen LogP contribution in [0.25, 0.3) is 0 Å². The third-order valence-corrected chi connectivity index (χ3v) is 3.96. The Morgan fingerprint density at radius 3 is 2.36 bits per heavy atom. The molecule has 5 nitrogen and oxygen atoms in total. The molecule has 1 aliphatic heterocycles. The molecule has 5 heteroatoms. The highest BCUT2D eigenvalue weighted by molar-refractivity contribution is 5.78.